The molecule has 1 aromatic carbocycles. The van der Waals surface area contributed by atoms with Crippen LogP contribution in [0.4, 0.5) is 5.13 Å². The van der Waals surface area contributed by atoms with E-state index in [1.54, 1.807) is 18.2 Å². The standard InChI is InChI=1S/C17H17N3O3S3/c1-26(22,23)12-4-5-13-15(11-12)25-17(18-13)20-8-6-19(7-9-20)16(21)14-3-2-10-24-14/h2-5,10-11H,6-9H2,1H3. The number of amides is 1. The molecule has 1 fully saturated rings. The van der Waals surface area contributed by atoms with Gasteiger partial charge in [-0.2, -0.15) is 0 Å². The quantitative estimate of drug-likeness (QED) is 0.668. The Morgan fingerprint density at radius 2 is 1.92 bits per heavy atom. The maximum atomic E-state index is 12.4. The van der Waals surface area contributed by atoms with Crippen LogP contribution >= 0.6 is 22.7 Å². The van der Waals surface area contributed by atoms with E-state index in [1.165, 1.54) is 28.9 Å². The number of hydrogen-bond donors (Lipinski definition) is 0. The number of benzene rings is 1. The lowest BCUT2D eigenvalue weighted by atomic mass is 10.3. The summed E-state index contributed by atoms with van der Waals surface area (Å²) in [6.45, 7) is 2.74. The second-order valence-corrected chi connectivity index (χ2v) is 10.1. The molecule has 0 N–H and O–H groups in total. The van der Waals surface area contributed by atoms with Crippen LogP contribution in [0.3, 0.4) is 0 Å². The van der Waals surface area contributed by atoms with E-state index >= 15 is 0 Å². The normalized spacial score (nSPS) is 15.6. The van der Waals surface area contributed by atoms with Crippen LogP contribution in [0, 0.1) is 0 Å². The molecule has 26 heavy (non-hydrogen) atoms. The van der Waals surface area contributed by atoms with Crippen LogP contribution in [-0.2, 0) is 9.84 Å². The van der Waals surface area contributed by atoms with Gasteiger partial charge in [0.25, 0.3) is 5.91 Å². The molecule has 2 aromatic heterocycles. The monoisotopic (exact) mass is 407 g/mol. The Kier molecular flexibility index (Phi) is 4.45. The lowest BCUT2D eigenvalue weighted by Crippen LogP contribution is -2.48. The van der Waals surface area contributed by atoms with E-state index in [0.29, 0.717) is 18.0 Å². The zero-order valence-corrected chi connectivity index (χ0v) is 16.5. The highest BCUT2D eigenvalue weighted by Gasteiger charge is 2.24. The van der Waals surface area contributed by atoms with Gasteiger partial charge in [0.05, 0.1) is 20.0 Å². The van der Waals surface area contributed by atoms with Gasteiger partial charge in [0.1, 0.15) is 0 Å². The Labute approximate surface area is 159 Å². The van der Waals surface area contributed by atoms with Gasteiger partial charge in [-0.15, -0.1) is 11.3 Å². The largest absolute Gasteiger partial charge is 0.345 e. The van der Waals surface area contributed by atoms with Crippen molar-refractivity contribution in [3.05, 3.63) is 40.6 Å². The van der Waals surface area contributed by atoms with Crippen molar-refractivity contribution in [3.63, 3.8) is 0 Å². The summed E-state index contributed by atoms with van der Waals surface area (Å²) in [6.07, 6.45) is 1.21. The zero-order chi connectivity index (χ0) is 18.3. The fourth-order valence-electron chi connectivity index (χ4n) is 2.92. The SMILES string of the molecule is CS(=O)(=O)c1ccc2nc(N3CCN(C(=O)c4cccs4)CC3)sc2c1. The van der Waals surface area contributed by atoms with E-state index in [2.05, 4.69) is 9.88 Å². The van der Waals surface area contributed by atoms with Gasteiger partial charge >= 0.3 is 0 Å². The smallest absolute Gasteiger partial charge is 0.264 e. The Hall–Kier alpha value is -1.97. The van der Waals surface area contributed by atoms with Crippen LogP contribution in [0.1, 0.15) is 9.67 Å². The second-order valence-electron chi connectivity index (χ2n) is 6.15. The molecule has 0 spiro atoms. The molecule has 0 saturated carbocycles. The molecule has 1 aliphatic heterocycles. The van der Waals surface area contributed by atoms with Crippen LogP contribution in [0.25, 0.3) is 10.2 Å². The van der Waals surface area contributed by atoms with Gasteiger partial charge in [-0.25, -0.2) is 13.4 Å². The van der Waals surface area contributed by atoms with Crippen LogP contribution in [0.15, 0.2) is 40.6 Å². The number of carbonyl (C=O) groups excluding carboxylic acids is 1. The van der Waals surface area contributed by atoms with Crippen molar-refractivity contribution >= 4 is 53.8 Å². The number of rotatable bonds is 3. The number of hydrogen-bond acceptors (Lipinski definition) is 7. The maximum Gasteiger partial charge on any atom is 0.264 e. The number of aromatic nitrogens is 1. The van der Waals surface area contributed by atoms with E-state index in [4.69, 9.17) is 0 Å². The van der Waals surface area contributed by atoms with E-state index in [1.807, 2.05) is 22.4 Å². The minimum absolute atomic E-state index is 0.0849. The fraction of sp³-hybridized carbons (Fsp3) is 0.294. The molecule has 0 unspecified atom stereocenters. The summed E-state index contributed by atoms with van der Waals surface area (Å²) in [5, 5.41) is 2.78. The number of thiophene rings is 1. The molecule has 3 aromatic rings. The molecule has 1 amide bonds. The molecule has 9 heteroatoms. The van der Waals surface area contributed by atoms with Gasteiger partial charge in [0, 0.05) is 32.4 Å². The van der Waals surface area contributed by atoms with Gasteiger partial charge in [-0.3, -0.25) is 4.79 Å². The topological polar surface area (TPSA) is 70.6 Å². The Balaban J connectivity index is 1.50. The summed E-state index contributed by atoms with van der Waals surface area (Å²) in [7, 11) is -3.23. The predicted octanol–water partition coefficient (Wildman–Crippen LogP) is 2.72. The molecular weight excluding hydrogens is 390 g/mol. The van der Waals surface area contributed by atoms with Crippen molar-refractivity contribution in [1.29, 1.82) is 0 Å². The summed E-state index contributed by atoms with van der Waals surface area (Å²) in [4.78, 5) is 22.2. The van der Waals surface area contributed by atoms with Crippen molar-refractivity contribution in [2.24, 2.45) is 0 Å². The molecule has 3 heterocycles. The number of nitrogens with zero attached hydrogens (tertiary/aromatic N) is 3. The molecule has 6 nitrogen and oxygen atoms in total. The third kappa shape index (κ3) is 3.34. The first-order chi connectivity index (χ1) is 12.4. The first kappa shape index (κ1) is 17.4. The third-order valence-corrected chi connectivity index (χ3v) is 7.39. The minimum Gasteiger partial charge on any atom is -0.345 e. The number of piperazine rings is 1. The summed E-state index contributed by atoms with van der Waals surface area (Å²) >= 11 is 2.95. The van der Waals surface area contributed by atoms with Gasteiger partial charge in [0.2, 0.25) is 0 Å². The molecular formula is C17H17N3O3S3. The average Bonchev–Trinajstić information content (AvgIpc) is 3.29. The van der Waals surface area contributed by atoms with E-state index < -0.39 is 9.84 Å². The van der Waals surface area contributed by atoms with Crippen LogP contribution < -0.4 is 4.90 Å². The summed E-state index contributed by atoms with van der Waals surface area (Å²) < 4.78 is 24.3. The van der Waals surface area contributed by atoms with Crippen molar-refractivity contribution in [2.45, 2.75) is 4.90 Å². The maximum absolute atomic E-state index is 12.4. The van der Waals surface area contributed by atoms with Crippen molar-refractivity contribution < 1.29 is 13.2 Å². The van der Waals surface area contributed by atoms with Crippen molar-refractivity contribution in [1.82, 2.24) is 9.88 Å². The lowest BCUT2D eigenvalue weighted by molar-refractivity contribution is 0.0751. The fourth-order valence-corrected chi connectivity index (χ4v) is 5.38. The summed E-state index contributed by atoms with van der Waals surface area (Å²) in [5.74, 6) is 0.0849. The average molecular weight is 408 g/mol. The van der Waals surface area contributed by atoms with Crippen molar-refractivity contribution in [2.75, 3.05) is 37.3 Å². The Bertz CT molecular complexity index is 1050. The first-order valence-corrected chi connectivity index (χ1v) is 11.7. The highest BCUT2D eigenvalue weighted by atomic mass is 32.2. The number of sulfone groups is 1. The molecule has 1 saturated heterocycles. The van der Waals surface area contributed by atoms with Gasteiger partial charge in [0.15, 0.2) is 15.0 Å². The van der Waals surface area contributed by atoms with E-state index in [0.717, 1.165) is 33.3 Å². The third-order valence-electron chi connectivity index (χ3n) is 4.35. The molecule has 136 valence electrons. The molecule has 4 rings (SSSR count). The number of carbonyl (C=O) groups is 1. The van der Waals surface area contributed by atoms with Crippen LogP contribution in [0.5, 0.6) is 0 Å². The zero-order valence-electron chi connectivity index (χ0n) is 14.1. The molecule has 1 aliphatic rings. The lowest BCUT2D eigenvalue weighted by Gasteiger charge is -2.34. The minimum atomic E-state index is -3.23. The first-order valence-electron chi connectivity index (χ1n) is 8.10. The summed E-state index contributed by atoms with van der Waals surface area (Å²) in [6, 6.07) is 8.77. The van der Waals surface area contributed by atoms with E-state index in [9.17, 15) is 13.2 Å². The van der Waals surface area contributed by atoms with Crippen molar-refractivity contribution in [3.8, 4) is 0 Å². The second kappa shape index (κ2) is 6.64. The number of fused-ring (bicyclic) bond motifs is 1. The Morgan fingerprint density at radius 1 is 1.15 bits per heavy atom. The molecule has 0 aliphatic carbocycles. The predicted molar refractivity (Wildman–Crippen MR) is 105 cm³/mol. The molecule has 0 bridgehead atoms. The number of thiazole rings is 1. The highest BCUT2D eigenvalue weighted by Crippen LogP contribution is 2.31. The molecule has 0 atom stereocenters. The Morgan fingerprint density at radius 3 is 2.58 bits per heavy atom. The number of anilines is 1. The highest BCUT2D eigenvalue weighted by molar-refractivity contribution is 7.90. The van der Waals surface area contributed by atoms with E-state index in [-0.39, 0.29) is 5.91 Å². The van der Waals surface area contributed by atoms with Gasteiger partial charge < -0.3 is 9.80 Å². The van der Waals surface area contributed by atoms with Gasteiger partial charge in [-0.1, -0.05) is 17.4 Å². The van der Waals surface area contributed by atoms with Gasteiger partial charge in [-0.05, 0) is 29.6 Å². The van der Waals surface area contributed by atoms with Crippen LogP contribution in [0.2, 0.25) is 0 Å². The summed E-state index contributed by atoms with van der Waals surface area (Å²) in [5.41, 5.74) is 0.800. The van der Waals surface area contributed by atoms with Crippen LogP contribution in [-0.4, -0.2) is 56.6 Å². The molecule has 0 radical (unpaired) electrons.